The largest absolute Gasteiger partial charge is 0.465 e. The van der Waals surface area contributed by atoms with E-state index in [0.29, 0.717) is 18.4 Å². The van der Waals surface area contributed by atoms with Crippen molar-refractivity contribution in [1.82, 2.24) is 0 Å². The maximum absolute atomic E-state index is 12.3. The third-order valence-electron chi connectivity index (χ3n) is 6.16. The summed E-state index contributed by atoms with van der Waals surface area (Å²) < 4.78 is 16.0. The van der Waals surface area contributed by atoms with Crippen molar-refractivity contribution in [1.29, 1.82) is 0 Å². The molecule has 0 bridgehead atoms. The van der Waals surface area contributed by atoms with Crippen LogP contribution in [-0.4, -0.2) is 30.6 Å². The predicted octanol–water partition coefficient (Wildman–Crippen LogP) is 8.86. The molecule has 0 radical (unpaired) electrons. The molecule has 0 amide bonds. The van der Waals surface area contributed by atoms with Gasteiger partial charge in [0.1, 0.15) is 6.10 Å². The lowest BCUT2D eigenvalue weighted by Gasteiger charge is -2.19. The summed E-state index contributed by atoms with van der Waals surface area (Å²) in [6.07, 6.45) is 22.8. The van der Waals surface area contributed by atoms with Crippen LogP contribution in [0.25, 0.3) is 0 Å². The monoisotopic (exact) mass is 570 g/mol. The van der Waals surface area contributed by atoms with Crippen LogP contribution in [0.4, 0.5) is 0 Å². The average molecular weight is 571 g/mol. The fourth-order valence-electron chi connectivity index (χ4n) is 3.90. The lowest BCUT2D eigenvalue weighted by atomic mass is 10.0. The number of ether oxygens (including phenoxy) is 3. The second-order valence-electron chi connectivity index (χ2n) is 10.6. The van der Waals surface area contributed by atoms with E-state index in [-0.39, 0.29) is 19.0 Å². The fraction of sp³-hybridized carbons (Fsp3) is 0.629. The van der Waals surface area contributed by atoms with Crippen molar-refractivity contribution in [3.63, 3.8) is 0 Å². The van der Waals surface area contributed by atoms with Crippen molar-refractivity contribution in [2.75, 3.05) is 6.61 Å². The number of esters is 3. The maximum atomic E-state index is 12.3. The molecule has 6 nitrogen and oxygen atoms in total. The standard InChI is InChI=1S/C35H54O6/c1-7-8-9-10-11-12-13-14-15-16-17-18-19-23-35(38)39-27-26-33(28-40-31(5)36)34(41-32(6)37)25-24-30(4)22-20-21-29(2)3/h12-13,21,24,28,34H,7-11,14-19,23,25-27H2,1-6H3/b13-12+,30-24+,33-28-. The smallest absolute Gasteiger partial charge is 0.307 e. The molecule has 0 aliphatic heterocycles. The van der Waals surface area contributed by atoms with E-state index in [1.807, 2.05) is 32.9 Å². The number of carbonyl (C=O) groups excluding carboxylic acids is 3. The Labute approximate surface area is 249 Å². The summed E-state index contributed by atoms with van der Waals surface area (Å²) in [6, 6.07) is 0. The van der Waals surface area contributed by atoms with Crippen molar-refractivity contribution in [3.05, 3.63) is 47.3 Å². The third-order valence-corrected chi connectivity index (χ3v) is 6.16. The van der Waals surface area contributed by atoms with Crippen LogP contribution in [0, 0.1) is 11.8 Å². The molecule has 0 saturated heterocycles. The van der Waals surface area contributed by atoms with Crippen LogP contribution in [0.15, 0.2) is 47.3 Å². The Morgan fingerprint density at radius 1 is 0.780 bits per heavy atom. The van der Waals surface area contributed by atoms with Gasteiger partial charge in [-0.3, -0.25) is 14.4 Å². The van der Waals surface area contributed by atoms with E-state index in [0.717, 1.165) is 36.8 Å². The summed E-state index contributed by atoms with van der Waals surface area (Å²) in [5.74, 6) is 4.82. The Bertz CT molecular complexity index is 937. The number of unbranched alkanes of at least 4 members (excludes halogenated alkanes) is 9. The molecular formula is C35H54O6. The first-order valence-electron chi connectivity index (χ1n) is 15.3. The molecule has 0 aromatic heterocycles. The van der Waals surface area contributed by atoms with E-state index in [2.05, 4.69) is 30.9 Å². The average Bonchev–Trinajstić information content (AvgIpc) is 2.90. The molecule has 0 aliphatic rings. The molecule has 41 heavy (non-hydrogen) atoms. The minimum absolute atomic E-state index is 0.109. The maximum Gasteiger partial charge on any atom is 0.307 e. The molecule has 6 heteroatoms. The first-order chi connectivity index (χ1) is 19.6. The van der Waals surface area contributed by atoms with Crippen LogP contribution in [0.5, 0.6) is 0 Å². The molecule has 0 saturated carbocycles. The minimum Gasteiger partial charge on any atom is -0.465 e. The Balaban J connectivity index is 4.59. The highest BCUT2D eigenvalue weighted by molar-refractivity contribution is 5.69. The molecule has 1 atom stereocenters. The van der Waals surface area contributed by atoms with Crippen LogP contribution < -0.4 is 0 Å². The Morgan fingerprint density at radius 3 is 2.02 bits per heavy atom. The van der Waals surface area contributed by atoms with Crippen molar-refractivity contribution < 1.29 is 28.6 Å². The number of rotatable bonds is 21. The number of hydrogen-bond donors (Lipinski definition) is 0. The van der Waals surface area contributed by atoms with E-state index in [9.17, 15) is 14.4 Å². The molecular weight excluding hydrogens is 516 g/mol. The van der Waals surface area contributed by atoms with Crippen LogP contribution in [-0.2, 0) is 28.6 Å². The third kappa shape index (κ3) is 25.6. The van der Waals surface area contributed by atoms with Gasteiger partial charge in [-0.15, -0.1) is 0 Å². The van der Waals surface area contributed by atoms with Crippen molar-refractivity contribution >= 4 is 17.9 Å². The lowest BCUT2D eigenvalue weighted by molar-refractivity contribution is -0.146. The molecule has 0 N–H and O–H groups in total. The first-order valence-corrected chi connectivity index (χ1v) is 15.3. The van der Waals surface area contributed by atoms with Crippen LogP contribution in [0.3, 0.4) is 0 Å². The lowest BCUT2D eigenvalue weighted by Crippen LogP contribution is -2.21. The van der Waals surface area contributed by atoms with Gasteiger partial charge in [0.2, 0.25) is 0 Å². The van der Waals surface area contributed by atoms with Gasteiger partial charge < -0.3 is 14.2 Å². The van der Waals surface area contributed by atoms with Gasteiger partial charge in [-0.05, 0) is 64.5 Å². The van der Waals surface area contributed by atoms with Gasteiger partial charge in [-0.2, -0.15) is 0 Å². The Morgan fingerprint density at radius 2 is 1.41 bits per heavy atom. The summed E-state index contributed by atoms with van der Waals surface area (Å²) in [7, 11) is 0. The van der Waals surface area contributed by atoms with Gasteiger partial charge in [0.05, 0.1) is 12.9 Å². The number of allylic oxidation sites excluding steroid dienone is 5. The SMILES string of the molecule is CCCCCC/C=C/CCCCCCCC(=O)OCC/C(=C/OC(C)=O)C(C/C=C(\C)C#CC=C(C)C)OC(C)=O. The highest BCUT2D eigenvalue weighted by atomic mass is 16.6. The summed E-state index contributed by atoms with van der Waals surface area (Å²) >= 11 is 0. The Kier molecular flexibility index (Phi) is 23.9. The van der Waals surface area contributed by atoms with Crippen molar-refractivity contribution in [3.8, 4) is 11.8 Å². The van der Waals surface area contributed by atoms with E-state index < -0.39 is 18.0 Å². The fourth-order valence-corrected chi connectivity index (χ4v) is 3.90. The van der Waals surface area contributed by atoms with Crippen molar-refractivity contribution in [2.45, 2.75) is 138 Å². The van der Waals surface area contributed by atoms with Gasteiger partial charge in [0.25, 0.3) is 0 Å². The molecule has 0 spiro atoms. The highest BCUT2D eigenvalue weighted by Gasteiger charge is 2.18. The van der Waals surface area contributed by atoms with Gasteiger partial charge in [-0.1, -0.05) is 81.1 Å². The first kappa shape index (κ1) is 37.9. The number of hydrogen-bond acceptors (Lipinski definition) is 6. The number of carbonyl (C=O) groups is 3. The Hall–Kier alpha value is -3.07. The summed E-state index contributed by atoms with van der Waals surface area (Å²) in [6.45, 7) is 10.8. The highest BCUT2D eigenvalue weighted by Crippen LogP contribution is 2.18. The molecule has 0 aromatic carbocycles. The molecule has 0 aliphatic carbocycles. The second-order valence-corrected chi connectivity index (χ2v) is 10.6. The van der Waals surface area contributed by atoms with E-state index in [4.69, 9.17) is 14.2 Å². The topological polar surface area (TPSA) is 78.9 Å². The molecule has 0 rings (SSSR count). The van der Waals surface area contributed by atoms with E-state index in [1.54, 1.807) is 0 Å². The van der Waals surface area contributed by atoms with Gasteiger partial charge in [0, 0.05) is 38.7 Å². The van der Waals surface area contributed by atoms with Crippen LogP contribution in [0.2, 0.25) is 0 Å². The zero-order valence-electron chi connectivity index (χ0n) is 26.5. The second kappa shape index (κ2) is 25.9. The van der Waals surface area contributed by atoms with Gasteiger partial charge in [0.15, 0.2) is 0 Å². The summed E-state index contributed by atoms with van der Waals surface area (Å²) in [5, 5.41) is 0. The predicted molar refractivity (Wildman–Crippen MR) is 167 cm³/mol. The molecule has 0 aromatic rings. The zero-order valence-corrected chi connectivity index (χ0v) is 26.5. The quantitative estimate of drug-likeness (QED) is 0.0342. The van der Waals surface area contributed by atoms with Gasteiger partial charge >= 0.3 is 17.9 Å². The zero-order chi connectivity index (χ0) is 30.7. The summed E-state index contributed by atoms with van der Waals surface area (Å²) in [4.78, 5) is 35.4. The van der Waals surface area contributed by atoms with Crippen LogP contribution >= 0.6 is 0 Å². The molecule has 0 fully saturated rings. The summed E-state index contributed by atoms with van der Waals surface area (Å²) in [5.41, 5.74) is 2.49. The van der Waals surface area contributed by atoms with Gasteiger partial charge in [-0.25, -0.2) is 0 Å². The van der Waals surface area contributed by atoms with Crippen molar-refractivity contribution in [2.24, 2.45) is 0 Å². The molecule has 230 valence electrons. The van der Waals surface area contributed by atoms with E-state index in [1.165, 1.54) is 65.1 Å². The van der Waals surface area contributed by atoms with E-state index >= 15 is 0 Å². The normalized spacial score (nSPS) is 12.3. The molecule has 0 heterocycles. The minimum atomic E-state index is -0.665. The molecule has 1 unspecified atom stereocenters. The van der Waals surface area contributed by atoms with Crippen LogP contribution in [0.1, 0.15) is 131 Å².